The summed E-state index contributed by atoms with van der Waals surface area (Å²) in [6, 6.07) is 5.55. The summed E-state index contributed by atoms with van der Waals surface area (Å²) in [5, 5.41) is 11.3. The van der Waals surface area contributed by atoms with Gasteiger partial charge in [-0.2, -0.15) is 0 Å². The van der Waals surface area contributed by atoms with E-state index in [0.29, 0.717) is 24.7 Å². The second kappa shape index (κ2) is 6.75. The third kappa shape index (κ3) is 3.96. The van der Waals surface area contributed by atoms with Gasteiger partial charge < -0.3 is 19.9 Å². The van der Waals surface area contributed by atoms with Gasteiger partial charge in [-0.3, -0.25) is 4.79 Å². The summed E-state index contributed by atoms with van der Waals surface area (Å²) in [5.41, 5.74) is 0.875. The fourth-order valence-electron chi connectivity index (χ4n) is 1.51. The molecule has 1 rings (SSSR count). The lowest BCUT2D eigenvalue weighted by Crippen LogP contribution is -2.22. The highest BCUT2D eigenvalue weighted by Gasteiger charge is 2.09. The zero-order chi connectivity index (χ0) is 12.7. The fraction of sp³-hybridized carbons (Fsp3) is 0.417. The van der Waals surface area contributed by atoms with Crippen LogP contribution in [0, 0.1) is 0 Å². The minimum Gasteiger partial charge on any atom is -0.493 e. The van der Waals surface area contributed by atoms with Crippen LogP contribution in [0.1, 0.15) is 12.5 Å². The Morgan fingerprint density at radius 2 is 2.24 bits per heavy atom. The predicted molar refractivity (Wildman–Crippen MR) is 63.5 cm³/mol. The molecule has 0 fully saturated rings. The van der Waals surface area contributed by atoms with E-state index in [1.807, 2.05) is 25.1 Å². The largest absolute Gasteiger partial charge is 0.493 e. The zero-order valence-electron chi connectivity index (χ0n) is 10.0. The highest BCUT2D eigenvalue weighted by Crippen LogP contribution is 2.30. The van der Waals surface area contributed by atoms with Crippen LogP contribution in [0.4, 0.5) is 0 Å². The molecule has 0 saturated heterocycles. The molecule has 0 radical (unpaired) electrons. The molecule has 0 amide bonds. The Morgan fingerprint density at radius 1 is 1.47 bits per heavy atom. The fourth-order valence-corrected chi connectivity index (χ4v) is 1.51. The summed E-state index contributed by atoms with van der Waals surface area (Å²) in [4.78, 5) is 10.4. The maximum absolute atomic E-state index is 10.4. The summed E-state index contributed by atoms with van der Waals surface area (Å²) < 4.78 is 10.7. The van der Waals surface area contributed by atoms with Crippen molar-refractivity contribution in [1.29, 1.82) is 0 Å². The van der Waals surface area contributed by atoms with Crippen LogP contribution in [0.3, 0.4) is 0 Å². The van der Waals surface area contributed by atoms with E-state index in [0.717, 1.165) is 5.56 Å². The van der Waals surface area contributed by atoms with Crippen LogP contribution < -0.4 is 14.8 Å². The first-order valence-corrected chi connectivity index (χ1v) is 5.40. The van der Waals surface area contributed by atoms with Crippen molar-refractivity contribution in [2.45, 2.75) is 13.5 Å². The molecule has 0 heterocycles. The monoisotopic (exact) mass is 239 g/mol. The molecule has 17 heavy (non-hydrogen) atoms. The molecule has 0 spiro atoms. The molecule has 0 aliphatic heterocycles. The van der Waals surface area contributed by atoms with Crippen molar-refractivity contribution in [1.82, 2.24) is 5.32 Å². The standard InChI is InChI=1S/C12H17NO4/c1-3-17-10-6-4-5-9(12(10)16-2)7-13-8-11(14)15/h4-6,13H,3,7-8H2,1-2H3,(H,14,15). The lowest BCUT2D eigenvalue weighted by Gasteiger charge is -2.13. The van der Waals surface area contributed by atoms with Gasteiger partial charge in [-0.15, -0.1) is 0 Å². The molecular weight excluding hydrogens is 222 g/mol. The first-order valence-electron chi connectivity index (χ1n) is 5.40. The van der Waals surface area contributed by atoms with E-state index in [4.69, 9.17) is 14.6 Å². The second-order valence-corrected chi connectivity index (χ2v) is 3.38. The van der Waals surface area contributed by atoms with E-state index in [9.17, 15) is 4.79 Å². The number of para-hydroxylation sites is 1. The number of hydrogen-bond acceptors (Lipinski definition) is 4. The van der Waals surface area contributed by atoms with Gasteiger partial charge in [0.25, 0.3) is 0 Å². The van der Waals surface area contributed by atoms with Crippen LogP contribution in [-0.2, 0) is 11.3 Å². The molecule has 5 heteroatoms. The number of rotatable bonds is 7. The maximum atomic E-state index is 10.4. The van der Waals surface area contributed by atoms with Crippen LogP contribution in [0.2, 0.25) is 0 Å². The molecule has 0 atom stereocenters. The van der Waals surface area contributed by atoms with E-state index in [1.165, 1.54) is 0 Å². The van der Waals surface area contributed by atoms with Crippen molar-refractivity contribution in [2.75, 3.05) is 20.3 Å². The Bertz CT molecular complexity index is 379. The minimum absolute atomic E-state index is 0.0813. The molecule has 0 aliphatic carbocycles. The van der Waals surface area contributed by atoms with Gasteiger partial charge in [-0.25, -0.2) is 0 Å². The molecule has 5 nitrogen and oxygen atoms in total. The number of benzene rings is 1. The summed E-state index contributed by atoms with van der Waals surface area (Å²) >= 11 is 0. The quantitative estimate of drug-likeness (QED) is 0.750. The lowest BCUT2D eigenvalue weighted by molar-refractivity contribution is -0.135. The molecule has 0 bridgehead atoms. The van der Waals surface area contributed by atoms with Gasteiger partial charge in [0, 0.05) is 12.1 Å². The molecule has 94 valence electrons. The molecule has 0 saturated carbocycles. The van der Waals surface area contributed by atoms with E-state index in [2.05, 4.69) is 5.32 Å². The number of carboxylic acids is 1. The third-order valence-corrected chi connectivity index (χ3v) is 2.16. The normalized spacial score (nSPS) is 10.0. The minimum atomic E-state index is -0.884. The lowest BCUT2D eigenvalue weighted by atomic mass is 10.2. The number of carbonyl (C=O) groups is 1. The van der Waals surface area contributed by atoms with E-state index in [-0.39, 0.29) is 6.54 Å². The highest BCUT2D eigenvalue weighted by molar-refractivity contribution is 5.69. The highest BCUT2D eigenvalue weighted by atomic mass is 16.5. The number of nitrogens with one attached hydrogen (secondary N) is 1. The average molecular weight is 239 g/mol. The summed E-state index contributed by atoms with van der Waals surface area (Å²) in [6.07, 6.45) is 0. The topological polar surface area (TPSA) is 67.8 Å². The SMILES string of the molecule is CCOc1cccc(CNCC(=O)O)c1OC. The first kappa shape index (κ1) is 13.3. The molecule has 0 aromatic heterocycles. The van der Waals surface area contributed by atoms with E-state index >= 15 is 0 Å². The van der Waals surface area contributed by atoms with Crippen molar-refractivity contribution >= 4 is 5.97 Å². The molecule has 1 aromatic carbocycles. The Labute approximate surface area is 100 Å². The zero-order valence-corrected chi connectivity index (χ0v) is 10.0. The van der Waals surface area contributed by atoms with Crippen LogP contribution in [0.25, 0.3) is 0 Å². The van der Waals surface area contributed by atoms with Crippen molar-refractivity contribution < 1.29 is 19.4 Å². The number of methoxy groups -OCH3 is 1. The number of hydrogen-bond donors (Lipinski definition) is 2. The molecule has 2 N–H and O–H groups in total. The molecule has 0 unspecified atom stereocenters. The van der Waals surface area contributed by atoms with Gasteiger partial charge in [-0.1, -0.05) is 12.1 Å². The van der Waals surface area contributed by atoms with E-state index in [1.54, 1.807) is 7.11 Å². The molecule has 1 aromatic rings. The average Bonchev–Trinajstić information content (AvgIpc) is 2.29. The number of ether oxygens (including phenoxy) is 2. The van der Waals surface area contributed by atoms with Crippen LogP contribution >= 0.6 is 0 Å². The van der Waals surface area contributed by atoms with Crippen molar-refractivity contribution in [3.8, 4) is 11.5 Å². The summed E-state index contributed by atoms with van der Waals surface area (Å²) in [5.74, 6) is 0.432. The Hall–Kier alpha value is -1.75. The van der Waals surface area contributed by atoms with Crippen LogP contribution in [0.15, 0.2) is 18.2 Å². The van der Waals surface area contributed by atoms with Gasteiger partial charge in [0.05, 0.1) is 20.3 Å². The van der Waals surface area contributed by atoms with Gasteiger partial charge in [-0.05, 0) is 13.0 Å². The number of aliphatic carboxylic acids is 1. The first-order chi connectivity index (χ1) is 8.19. The molecular formula is C12H17NO4. The van der Waals surface area contributed by atoms with Crippen LogP contribution in [-0.4, -0.2) is 31.3 Å². The van der Waals surface area contributed by atoms with Gasteiger partial charge >= 0.3 is 5.97 Å². The second-order valence-electron chi connectivity index (χ2n) is 3.38. The van der Waals surface area contributed by atoms with Gasteiger partial charge in [0.1, 0.15) is 0 Å². The van der Waals surface area contributed by atoms with Crippen molar-refractivity contribution in [3.05, 3.63) is 23.8 Å². The van der Waals surface area contributed by atoms with Crippen molar-refractivity contribution in [3.63, 3.8) is 0 Å². The predicted octanol–water partition coefficient (Wildman–Crippen LogP) is 1.27. The summed E-state index contributed by atoms with van der Waals surface area (Å²) in [7, 11) is 1.57. The van der Waals surface area contributed by atoms with Gasteiger partial charge in [0.15, 0.2) is 11.5 Å². The third-order valence-electron chi connectivity index (χ3n) is 2.16. The molecule has 0 aliphatic rings. The Kier molecular flexibility index (Phi) is 5.29. The Balaban J connectivity index is 2.76. The smallest absolute Gasteiger partial charge is 0.317 e. The van der Waals surface area contributed by atoms with Crippen molar-refractivity contribution in [2.24, 2.45) is 0 Å². The maximum Gasteiger partial charge on any atom is 0.317 e. The van der Waals surface area contributed by atoms with Crippen LogP contribution in [0.5, 0.6) is 11.5 Å². The Morgan fingerprint density at radius 3 is 2.82 bits per heavy atom. The number of carboxylic acid groups (broad SMARTS) is 1. The van der Waals surface area contributed by atoms with Gasteiger partial charge in [0.2, 0.25) is 0 Å². The van der Waals surface area contributed by atoms with E-state index < -0.39 is 5.97 Å². The summed E-state index contributed by atoms with van der Waals surface area (Å²) in [6.45, 7) is 2.80.